The van der Waals surface area contributed by atoms with Crippen molar-refractivity contribution in [1.29, 1.82) is 0 Å². The topological polar surface area (TPSA) is 67.0 Å². The van der Waals surface area contributed by atoms with Crippen LogP contribution in [-0.2, 0) is 11.2 Å². The van der Waals surface area contributed by atoms with E-state index in [9.17, 15) is 23.2 Å². The summed E-state index contributed by atoms with van der Waals surface area (Å²) < 4.78 is 38.8. The molecule has 30 heavy (non-hydrogen) atoms. The highest BCUT2D eigenvalue weighted by Crippen LogP contribution is 2.34. The van der Waals surface area contributed by atoms with Crippen molar-refractivity contribution in [3.8, 4) is 11.3 Å². The van der Waals surface area contributed by atoms with E-state index in [4.69, 9.17) is 0 Å². The first-order valence-corrected chi connectivity index (χ1v) is 9.71. The quantitative estimate of drug-likeness (QED) is 0.334. The lowest BCUT2D eigenvalue weighted by atomic mass is 10.0. The van der Waals surface area contributed by atoms with Gasteiger partial charge in [0.05, 0.1) is 24.0 Å². The fourth-order valence-electron chi connectivity index (χ4n) is 3.52. The Morgan fingerprint density at radius 3 is 2.73 bits per heavy atom. The Morgan fingerprint density at radius 1 is 1.23 bits per heavy atom. The molecule has 0 spiro atoms. The van der Waals surface area contributed by atoms with Crippen molar-refractivity contribution < 1.29 is 23.2 Å². The predicted octanol–water partition coefficient (Wildman–Crippen LogP) is 5.04. The van der Waals surface area contributed by atoms with Gasteiger partial charge in [-0.3, -0.25) is 9.20 Å². The maximum Gasteiger partial charge on any atom is 0.389 e. The zero-order valence-electron chi connectivity index (χ0n) is 16.1. The molecule has 1 N–H and O–H groups in total. The summed E-state index contributed by atoms with van der Waals surface area (Å²) in [5, 5.41) is 12.7. The number of rotatable bonds is 7. The van der Waals surface area contributed by atoms with Crippen LogP contribution in [-0.4, -0.2) is 32.3 Å². The van der Waals surface area contributed by atoms with Gasteiger partial charge in [0, 0.05) is 36.1 Å². The van der Waals surface area contributed by atoms with Crippen LogP contribution in [0.4, 0.5) is 13.2 Å². The number of nitrogens with zero attached hydrogens (tertiary/aromatic N) is 3. The van der Waals surface area contributed by atoms with Gasteiger partial charge in [-0.25, -0.2) is 4.98 Å². The fourth-order valence-corrected chi connectivity index (χ4v) is 3.52. The van der Waals surface area contributed by atoms with Crippen molar-refractivity contribution >= 4 is 17.1 Å². The summed E-state index contributed by atoms with van der Waals surface area (Å²) in [4.78, 5) is 16.3. The second-order valence-corrected chi connectivity index (χ2v) is 7.58. The first kappa shape index (κ1) is 20.1. The first-order valence-electron chi connectivity index (χ1n) is 9.71. The molecule has 1 aliphatic carbocycles. The van der Waals surface area contributed by atoms with E-state index in [2.05, 4.69) is 10.1 Å². The van der Waals surface area contributed by atoms with Crippen LogP contribution in [0, 0.1) is 5.92 Å². The standard InChI is InChI=1S/C22H20F3N3O2/c23-22(24,25)8-6-18(29)11-14-2-1-3-16(10-14)19-13-26-20-12-17(7-9-28(19)20)21(27-30)15-4-5-15/h1-3,7,9-10,12-13,15,30H,4-6,8,11H2/b27-21-. The lowest BCUT2D eigenvalue weighted by molar-refractivity contribution is -0.143. The van der Waals surface area contributed by atoms with E-state index in [0.717, 1.165) is 29.7 Å². The number of hydrogen-bond donors (Lipinski definition) is 1. The third-order valence-electron chi connectivity index (χ3n) is 5.19. The van der Waals surface area contributed by atoms with E-state index in [1.807, 2.05) is 28.8 Å². The summed E-state index contributed by atoms with van der Waals surface area (Å²) >= 11 is 0. The molecule has 1 aromatic carbocycles. The van der Waals surface area contributed by atoms with Gasteiger partial charge >= 0.3 is 6.18 Å². The van der Waals surface area contributed by atoms with Gasteiger partial charge in [-0.1, -0.05) is 23.4 Å². The molecule has 0 atom stereocenters. The lowest BCUT2D eigenvalue weighted by Crippen LogP contribution is -2.12. The summed E-state index contributed by atoms with van der Waals surface area (Å²) in [5.74, 6) is -0.151. The van der Waals surface area contributed by atoms with Crippen LogP contribution in [0.2, 0.25) is 0 Å². The summed E-state index contributed by atoms with van der Waals surface area (Å²) in [6.07, 6.45) is -0.395. The van der Waals surface area contributed by atoms with Gasteiger partial charge in [0.2, 0.25) is 0 Å². The number of aromatic nitrogens is 2. The number of imidazole rings is 1. The van der Waals surface area contributed by atoms with E-state index in [1.54, 1.807) is 24.4 Å². The molecule has 2 aromatic heterocycles. The lowest BCUT2D eigenvalue weighted by Gasteiger charge is -2.08. The van der Waals surface area contributed by atoms with Crippen LogP contribution in [0.15, 0.2) is 53.9 Å². The zero-order valence-corrected chi connectivity index (χ0v) is 16.1. The smallest absolute Gasteiger partial charge is 0.389 e. The van der Waals surface area contributed by atoms with Crippen LogP contribution in [0.5, 0.6) is 0 Å². The average molecular weight is 415 g/mol. The summed E-state index contributed by atoms with van der Waals surface area (Å²) in [6, 6.07) is 10.9. The summed E-state index contributed by atoms with van der Waals surface area (Å²) in [6.45, 7) is 0. The molecule has 0 amide bonds. The van der Waals surface area contributed by atoms with Crippen LogP contribution in [0.1, 0.15) is 36.8 Å². The van der Waals surface area contributed by atoms with Crippen LogP contribution in [0.3, 0.4) is 0 Å². The molecule has 4 rings (SSSR count). The molecule has 1 fully saturated rings. The zero-order chi connectivity index (χ0) is 21.3. The first-order chi connectivity index (χ1) is 14.3. The number of pyridine rings is 1. The highest BCUT2D eigenvalue weighted by atomic mass is 19.4. The van der Waals surface area contributed by atoms with Crippen molar-refractivity contribution in [1.82, 2.24) is 9.38 Å². The van der Waals surface area contributed by atoms with Gasteiger partial charge < -0.3 is 5.21 Å². The van der Waals surface area contributed by atoms with Gasteiger partial charge in [-0.15, -0.1) is 0 Å². The number of Topliss-reactive ketones (excluding diaryl/α,β-unsaturated/α-hetero) is 1. The molecule has 0 saturated heterocycles. The number of ketones is 1. The molecule has 8 heteroatoms. The monoisotopic (exact) mass is 415 g/mol. The van der Waals surface area contributed by atoms with Crippen LogP contribution in [0.25, 0.3) is 16.9 Å². The van der Waals surface area contributed by atoms with Crippen molar-refractivity contribution in [3.63, 3.8) is 0 Å². The van der Waals surface area contributed by atoms with Crippen molar-refractivity contribution in [2.75, 3.05) is 0 Å². The van der Waals surface area contributed by atoms with Gasteiger partial charge in [0.25, 0.3) is 0 Å². The largest absolute Gasteiger partial charge is 0.411 e. The Labute approximate surface area is 170 Å². The number of oxime groups is 1. The molecule has 0 aliphatic heterocycles. The third kappa shape index (κ3) is 4.53. The Balaban J connectivity index is 1.55. The third-order valence-corrected chi connectivity index (χ3v) is 5.19. The summed E-state index contributed by atoms with van der Waals surface area (Å²) in [7, 11) is 0. The highest BCUT2D eigenvalue weighted by Gasteiger charge is 2.29. The molecule has 2 heterocycles. The molecule has 1 saturated carbocycles. The molecular weight excluding hydrogens is 395 g/mol. The van der Waals surface area contributed by atoms with Crippen LogP contribution < -0.4 is 0 Å². The second kappa shape index (κ2) is 7.93. The number of benzene rings is 1. The minimum absolute atomic E-state index is 0.0392. The minimum Gasteiger partial charge on any atom is -0.411 e. The Morgan fingerprint density at radius 2 is 2.03 bits per heavy atom. The van der Waals surface area contributed by atoms with E-state index in [0.29, 0.717) is 22.8 Å². The minimum atomic E-state index is -4.33. The molecule has 0 radical (unpaired) electrons. The van der Waals surface area contributed by atoms with Gasteiger partial charge in [-0.2, -0.15) is 13.2 Å². The Kier molecular flexibility index (Phi) is 5.32. The number of alkyl halides is 3. The van der Waals surface area contributed by atoms with E-state index in [-0.39, 0.29) is 6.42 Å². The normalized spacial score (nSPS) is 15.0. The van der Waals surface area contributed by atoms with Crippen molar-refractivity contribution in [2.45, 2.75) is 38.3 Å². The Bertz CT molecular complexity index is 1110. The van der Waals surface area contributed by atoms with Crippen molar-refractivity contribution in [2.24, 2.45) is 11.1 Å². The van der Waals surface area contributed by atoms with Gasteiger partial charge in [-0.05, 0) is 36.6 Å². The van der Waals surface area contributed by atoms with E-state index < -0.39 is 24.8 Å². The second-order valence-electron chi connectivity index (χ2n) is 7.58. The molecule has 156 valence electrons. The SMILES string of the molecule is O=C(CCC(F)(F)F)Cc1cccc(-c2cnc3cc(/C(=N\O)C4CC4)ccn23)c1. The summed E-state index contributed by atoms with van der Waals surface area (Å²) in [5.41, 5.74) is 4.46. The molecule has 0 bridgehead atoms. The number of hydrogen-bond acceptors (Lipinski definition) is 4. The maximum atomic E-state index is 12.3. The Hall–Kier alpha value is -3.16. The molecule has 1 aliphatic rings. The molecule has 3 aromatic rings. The van der Waals surface area contributed by atoms with Crippen LogP contribution >= 0.6 is 0 Å². The number of carbonyl (C=O) groups is 1. The average Bonchev–Trinajstić information content (AvgIpc) is 3.45. The number of carbonyl (C=O) groups excluding carboxylic acids is 1. The van der Waals surface area contributed by atoms with E-state index in [1.165, 1.54) is 0 Å². The van der Waals surface area contributed by atoms with Gasteiger partial charge in [0.15, 0.2) is 0 Å². The van der Waals surface area contributed by atoms with Crippen molar-refractivity contribution in [3.05, 3.63) is 59.9 Å². The van der Waals surface area contributed by atoms with E-state index >= 15 is 0 Å². The molecule has 0 unspecified atom stereocenters. The highest BCUT2D eigenvalue weighted by molar-refractivity contribution is 6.03. The predicted molar refractivity (Wildman–Crippen MR) is 106 cm³/mol. The molecule has 5 nitrogen and oxygen atoms in total. The fraction of sp³-hybridized carbons (Fsp3) is 0.318. The number of fused-ring (bicyclic) bond motifs is 1. The maximum absolute atomic E-state index is 12.3. The molecular formula is C22H20F3N3O2. The number of halogens is 3. The van der Waals surface area contributed by atoms with Gasteiger partial charge in [0.1, 0.15) is 11.4 Å².